The first-order valence-corrected chi connectivity index (χ1v) is 8.67. The third-order valence-corrected chi connectivity index (χ3v) is 5.46. The fourth-order valence-electron chi connectivity index (χ4n) is 3.98. The highest BCUT2D eigenvalue weighted by molar-refractivity contribution is 6.04. The SMILES string of the molecule is COC(=O)Cn1c2c(c3cccc(C(=O)O)c31)CC(C(C)(C)C)CC2. The molecule has 1 aromatic carbocycles. The second-order valence-corrected chi connectivity index (χ2v) is 7.90. The Morgan fingerprint density at radius 3 is 2.64 bits per heavy atom. The van der Waals surface area contributed by atoms with Crippen molar-refractivity contribution in [2.45, 2.75) is 46.6 Å². The van der Waals surface area contributed by atoms with Crippen LogP contribution in [0.5, 0.6) is 0 Å². The van der Waals surface area contributed by atoms with Crippen LogP contribution in [0.2, 0.25) is 0 Å². The van der Waals surface area contributed by atoms with E-state index in [4.69, 9.17) is 4.74 Å². The van der Waals surface area contributed by atoms with E-state index < -0.39 is 5.97 Å². The highest BCUT2D eigenvalue weighted by Crippen LogP contribution is 2.41. The van der Waals surface area contributed by atoms with Gasteiger partial charge in [0.05, 0.1) is 18.2 Å². The molecule has 0 bridgehead atoms. The molecule has 1 aromatic heterocycles. The summed E-state index contributed by atoms with van der Waals surface area (Å²) < 4.78 is 6.69. The maximum Gasteiger partial charge on any atom is 0.337 e. The van der Waals surface area contributed by atoms with Crippen LogP contribution in [-0.2, 0) is 28.9 Å². The second-order valence-electron chi connectivity index (χ2n) is 7.90. The first kappa shape index (κ1) is 17.5. The van der Waals surface area contributed by atoms with Crippen LogP contribution in [0.3, 0.4) is 0 Å². The number of esters is 1. The number of methoxy groups -OCH3 is 1. The lowest BCUT2D eigenvalue weighted by atomic mass is 9.71. The Balaban J connectivity index is 2.23. The van der Waals surface area contributed by atoms with Crippen molar-refractivity contribution >= 4 is 22.8 Å². The first-order valence-electron chi connectivity index (χ1n) is 8.67. The van der Waals surface area contributed by atoms with Crippen LogP contribution in [0.1, 0.15) is 48.8 Å². The van der Waals surface area contributed by atoms with Crippen molar-refractivity contribution in [2.24, 2.45) is 11.3 Å². The van der Waals surface area contributed by atoms with Gasteiger partial charge in [0, 0.05) is 11.1 Å². The Morgan fingerprint density at radius 2 is 2.04 bits per heavy atom. The van der Waals surface area contributed by atoms with E-state index in [9.17, 15) is 14.7 Å². The molecule has 1 N–H and O–H groups in total. The number of carboxylic acid groups (broad SMARTS) is 1. The monoisotopic (exact) mass is 343 g/mol. The maximum absolute atomic E-state index is 11.9. The van der Waals surface area contributed by atoms with Gasteiger partial charge in [0.2, 0.25) is 0 Å². The number of fused-ring (bicyclic) bond motifs is 3. The van der Waals surface area contributed by atoms with Crippen molar-refractivity contribution in [1.29, 1.82) is 0 Å². The number of ether oxygens (including phenoxy) is 1. The van der Waals surface area contributed by atoms with Gasteiger partial charge in [-0.1, -0.05) is 32.9 Å². The lowest BCUT2D eigenvalue weighted by Crippen LogP contribution is -2.27. The van der Waals surface area contributed by atoms with Gasteiger partial charge in [-0.15, -0.1) is 0 Å². The molecular weight excluding hydrogens is 318 g/mol. The number of hydrogen-bond acceptors (Lipinski definition) is 3. The van der Waals surface area contributed by atoms with Gasteiger partial charge in [-0.2, -0.15) is 0 Å². The molecule has 5 heteroatoms. The molecule has 1 aliphatic carbocycles. The van der Waals surface area contributed by atoms with E-state index in [1.165, 1.54) is 12.7 Å². The van der Waals surface area contributed by atoms with Gasteiger partial charge in [-0.05, 0) is 42.2 Å². The van der Waals surface area contributed by atoms with Crippen LogP contribution in [-0.4, -0.2) is 28.7 Å². The van der Waals surface area contributed by atoms with E-state index in [2.05, 4.69) is 20.8 Å². The average molecular weight is 343 g/mol. The summed E-state index contributed by atoms with van der Waals surface area (Å²) in [6.07, 6.45) is 2.80. The van der Waals surface area contributed by atoms with Crippen LogP contribution in [0.15, 0.2) is 18.2 Å². The van der Waals surface area contributed by atoms with E-state index >= 15 is 0 Å². The zero-order valence-corrected chi connectivity index (χ0v) is 15.3. The number of benzene rings is 1. The van der Waals surface area contributed by atoms with Gasteiger partial charge in [0.25, 0.3) is 0 Å². The number of carbonyl (C=O) groups excluding carboxylic acids is 1. The van der Waals surface area contributed by atoms with E-state index in [1.54, 1.807) is 12.1 Å². The highest BCUT2D eigenvalue weighted by Gasteiger charge is 2.33. The number of nitrogens with zero attached hydrogens (tertiary/aromatic N) is 1. The predicted octanol–water partition coefficient (Wildman–Crippen LogP) is 3.66. The fraction of sp³-hybridized carbons (Fsp3) is 0.500. The molecule has 0 aliphatic heterocycles. The molecule has 134 valence electrons. The second kappa shape index (κ2) is 6.21. The smallest absolute Gasteiger partial charge is 0.337 e. The van der Waals surface area contributed by atoms with Crippen LogP contribution in [0.25, 0.3) is 10.9 Å². The minimum atomic E-state index is -0.973. The number of hydrogen-bond donors (Lipinski definition) is 1. The Hall–Kier alpha value is -2.30. The molecule has 1 aliphatic rings. The summed E-state index contributed by atoms with van der Waals surface area (Å²) in [5.41, 5.74) is 3.34. The van der Waals surface area contributed by atoms with Crippen LogP contribution in [0.4, 0.5) is 0 Å². The van der Waals surface area contributed by atoms with Crippen molar-refractivity contribution in [1.82, 2.24) is 4.57 Å². The summed E-state index contributed by atoms with van der Waals surface area (Å²) >= 11 is 0. The van der Waals surface area contributed by atoms with E-state index in [1.807, 2.05) is 10.6 Å². The van der Waals surface area contributed by atoms with E-state index in [-0.39, 0.29) is 23.5 Å². The number of aromatic nitrogens is 1. The third-order valence-electron chi connectivity index (χ3n) is 5.46. The molecule has 1 heterocycles. The predicted molar refractivity (Wildman–Crippen MR) is 95.9 cm³/mol. The normalized spacial score (nSPS) is 17.4. The average Bonchev–Trinajstić information content (AvgIpc) is 2.87. The number of carbonyl (C=O) groups is 2. The third kappa shape index (κ3) is 3.03. The number of carboxylic acids is 1. The number of para-hydroxylation sites is 1. The van der Waals surface area contributed by atoms with Crippen molar-refractivity contribution in [3.63, 3.8) is 0 Å². The first-order chi connectivity index (χ1) is 11.7. The molecule has 25 heavy (non-hydrogen) atoms. The minimum absolute atomic E-state index is 0.0484. The Kier molecular flexibility index (Phi) is 4.35. The quantitative estimate of drug-likeness (QED) is 0.864. The molecule has 0 fully saturated rings. The zero-order valence-electron chi connectivity index (χ0n) is 15.3. The molecule has 1 unspecified atom stereocenters. The van der Waals surface area contributed by atoms with E-state index in [0.717, 1.165) is 30.3 Å². The van der Waals surface area contributed by atoms with E-state index in [0.29, 0.717) is 11.4 Å². The standard InChI is InChI=1S/C20H25NO4/c1-20(2,3)12-8-9-16-15(10-12)13-6-5-7-14(19(23)24)18(13)21(16)11-17(22)25-4/h5-7,12H,8-11H2,1-4H3,(H,23,24). The van der Waals surface area contributed by atoms with Gasteiger partial charge in [0.15, 0.2) is 0 Å². The molecule has 3 rings (SSSR count). The number of aromatic carboxylic acids is 1. The van der Waals surface area contributed by atoms with Gasteiger partial charge in [-0.3, -0.25) is 4.79 Å². The van der Waals surface area contributed by atoms with Crippen molar-refractivity contribution in [3.05, 3.63) is 35.0 Å². The maximum atomic E-state index is 11.9. The molecular formula is C20H25NO4. The van der Waals surface area contributed by atoms with Gasteiger partial charge >= 0.3 is 11.9 Å². The summed E-state index contributed by atoms with van der Waals surface area (Å²) in [5.74, 6) is -0.803. The van der Waals surface area contributed by atoms with Crippen molar-refractivity contribution in [3.8, 4) is 0 Å². The number of rotatable bonds is 3. The molecule has 2 aromatic rings. The van der Waals surface area contributed by atoms with Crippen LogP contribution in [0, 0.1) is 11.3 Å². The van der Waals surface area contributed by atoms with Crippen molar-refractivity contribution < 1.29 is 19.4 Å². The van der Waals surface area contributed by atoms with Gasteiger partial charge in [-0.25, -0.2) is 4.79 Å². The highest BCUT2D eigenvalue weighted by atomic mass is 16.5. The largest absolute Gasteiger partial charge is 0.478 e. The topological polar surface area (TPSA) is 68.5 Å². The molecule has 0 spiro atoms. The Labute approximate surface area is 147 Å². The molecule has 5 nitrogen and oxygen atoms in total. The molecule has 0 saturated heterocycles. The summed E-state index contributed by atoms with van der Waals surface area (Å²) in [6, 6.07) is 5.36. The lowest BCUT2D eigenvalue weighted by Gasteiger charge is -2.34. The summed E-state index contributed by atoms with van der Waals surface area (Å²) in [5, 5.41) is 10.6. The summed E-state index contributed by atoms with van der Waals surface area (Å²) in [4.78, 5) is 23.7. The van der Waals surface area contributed by atoms with Gasteiger partial charge in [0.1, 0.15) is 6.54 Å². The van der Waals surface area contributed by atoms with Gasteiger partial charge < -0.3 is 14.4 Å². The van der Waals surface area contributed by atoms with Crippen molar-refractivity contribution in [2.75, 3.05) is 7.11 Å². The minimum Gasteiger partial charge on any atom is -0.478 e. The Bertz CT molecular complexity index is 841. The zero-order chi connectivity index (χ0) is 18.4. The summed E-state index contributed by atoms with van der Waals surface area (Å²) in [7, 11) is 1.36. The van der Waals surface area contributed by atoms with Crippen LogP contribution >= 0.6 is 0 Å². The molecule has 0 saturated carbocycles. The molecule has 0 radical (unpaired) electrons. The molecule has 0 amide bonds. The fourth-order valence-corrected chi connectivity index (χ4v) is 3.98. The Morgan fingerprint density at radius 1 is 1.32 bits per heavy atom. The molecule has 1 atom stereocenters. The van der Waals surface area contributed by atoms with Crippen LogP contribution < -0.4 is 0 Å². The summed E-state index contributed by atoms with van der Waals surface area (Å²) in [6.45, 7) is 6.80. The lowest BCUT2D eigenvalue weighted by molar-refractivity contribution is -0.141.